The summed E-state index contributed by atoms with van der Waals surface area (Å²) >= 11 is 0. The van der Waals surface area contributed by atoms with Gasteiger partial charge in [-0.05, 0) is 49.7 Å². The number of nitrogens with zero attached hydrogens (tertiary/aromatic N) is 2. The molecule has 0 spiro atoms. The first-order chi connectivity index (χ1) is 10.6. The van der Waals surface area contributed by atoms with Gasteiger partial charge in [-0.3, -0.25) is 4.79 Å². The molecule has 2 heterocycles. The first kappa shape index (κ1) is 14.8. The molecule has 2 aromatic rings. The van der Waals surface area contributed by atoms with Crippen molar-refractivity contribution in [3.8, 4) is 5.69 Å². The molecule has 1 aliphatic rings. The van der Waals surface area contributed by atoms with E-state index in [4.69, 9.17) is 0 Å². The quantitative estimate of drug-likeness (QED) is 0.886. The Hall–Kier alpha value is -2.14. The zero-order valence-corrected chi connectivity index (χ0v) is 13.0. The van der Waals surface area contributed by atoms with Gasteiger partial charge in [0.05, 0.1) is 11.7 Å². The Balaban J connectivity index is 1.62. The highest BCUT2D eigenvalue weighted by atomic mass is 16.1. The number of amides is 1. The van der Waals surface area contributed by atoms with Gasteiger partial charge in [-0.15, -0.1) is 0 Å². The van der Waals surface area contributed by atoms with Gasteiger partial charge in [-0.25, -0.2) is 4.68 Å². The summed E-state index contributed by atoms with van der Waals surface area (Å²) < 4.78 is 1.82. The Morgan fingerprint density at radius 2 is 2.05 bits per heavy atom. The highest BCUT2D eigenvalue weighted by molar-refractivity contribution is 5.79. The van der Waals surface area contributed by atoms with Crippen LogP contribution in [0.2, 0.25) is 0 Å². The lowest BCUT2D eigenvalue weighted by molar-refractivity contribution is -0.127. The number of rotatable bonds is 5. The Labute approximate surface area is 130 Å². The van der Waals surface area contributed by atoms with E-state index in [1.165, 1.54) is 0 Å². The van der Waals surface area contributed by atoms with Crippen LogP contribution in [0.25, 0.3) is 5.69 Å². The highest BCUT2D eigenvalue weighted by Crippen LogP contribution is 2.19. The maximum absolute atomic E-state index is 12.3. The van der Waals surface area contributed by atoms with Gasteiger partial charge in [0, 0.05) is 18.3 Å². The van der Waals surface area contributed by atoms with Gasteiger partial charge >= 0.3 is 0 Å². The van der Waals surface area contributed by atoms with E-state index < -0.39 is 0 Å². The lowest BCUT2D eigenvalue weighted by Gasteiger charge is -2.32. The van der Waals surface area contributed by atoms with Crippen molar-refractivity contribution in [3.05, 3.63) is 48.3 Å². The Bertz CT molecular complexity index is 617. The number of benzene rings is 1. The monoisotopic (exact) mass is 298 g/mol. The summed E-state index contributed by atoms with van der Waals surface area (Å²) in [7, 11) is 0. The second kappa shape index (κ2) is 6.32. The van der Waals surface area contributed by atoms with Crippen LogP contribution in [-0.2, 0) is 4.79 Å². The van der Waals surface area contributed by atoms with E-state index in [1.807, 2.05) is 55.1 Å². The van der Waals surface area contributed by atoms with Crippen molar-refractivity contribution >= 4 is 5.91 Å². The average Bonchev–Trinajstić information content (AvgIpc) is 2.99. The minimum absolute atomic E-state index is 0.00894. The molecule has 2 unspecified atom stereocenters. The summed E-state index contributed by atoms with van der Waals surface area (Å²) in [6, 6.07) is 10.0. The van der Waals surface area contributed by atoms with Crippen LogP contribution >= 0.6 is 0 Å². The minimum Gasteiger partial charge on any atom is -0.349 e. The summed E-state index contributed by atoms with van der Waals surface area (Å²) in [6.45, 7) is 5.92. The smallest absolute Gasteiger partial charge is 0.223 e. The predicted molar refractivity (Wildman–Crippen MR) is 85.6 cm³/mol. The number of nitrogens with one attached hydrogen (secondary N) is 2. The van der Waals surface area contributed by atoms with Crippen molar-refractivity contribution in [2.75, 3.05) is 13.1 Å². The van der Waals surface area contributed by atoms with Gasteiger partial charge in [0.1, 0.15) is 0 Å². The van der Waals surface area contributed by atoms with Crippen LogP contribution in [0.5, 0.6) is 0 Å². The lowest BCUT2D eigenvalue weighted by atomic mass is 9.88. The van der Waals surface area contributed by atoms with Gasteiger partial charge in [-0.2, -0.15) is 5.10 Å². The largest absolute Gasteiger partial charge is 0.349 e. The van der Waals surface area contributed by atoms with Crippen molar-refractivity contribution in [1.29, 1.82) is 0 Å². The number of carbonyl (C=O) groups is 1. The highest BCUT2D eigenvalue weighted by Gasteiger charge is 2.29. The fraction of sp³-hybridized carbons (Fsp3) is 0.412. The molecule has 0 radical (unpaired) electrons. The van der Waals surface area contributed by atoms with Crippen molar-refractivity contribution in [2.45, 2.75) is 19.9 Å². The van der Waals surface area contributed by atoms with Crippen LogP contribution < -0.4 is 10.6 Å². The van der Waals surface area contributed by atoms with Crippen LogP contribution in [0.15, 0.2) is 42.7 Å². The van der Waals surface area contributed by atoms with E-state index in [2.05, 4.69) is 15.7 Å². The summed E-state index contributed by atoms with van der Waals surface area (Å²) in [5, 5.41) is 10.5. The molecule has 1 aliphatic heterocycles. The molecular formula is C17H22N4O. The van der Waals surface area contributed by atoms with E-state index in [0.717, 1.165) is 24.3 Å². The van der Waals surface area contributed by atoms with E-state index in [1.54, 1.807) is 6.20 Å². The minimum atomic E-state index is 0.00894. The first-order valence-corrected chi connectivity index (χ1v) is 7.76. The summed E-state index contributed by atoms with van der Waals surface area (Å²) in [4.78, 5) is 12.3. The third-order valence-electron chi connectivity index (χ3n) is 4.45. The van der Waals surface area contributed by atoms with Gasteiger partial charge in [0.2, 0.25) is 5.91 Å². The number of aromatic nitrogens is 2. The van der Waals surface area contributed by atoms with E-state index in [-0.39, 0.29) is 17.9 Å². The zero-order valence-electron chi connectivity index (χ0n) is 13.0. The molecule has 0 saturated carbocycles. The molecule has 5 heteroatoms. The number of hydrogen-bond acceptors (Lipinski definition) is 3. The molecule has 1 amide bonds. The Kier molecular flexibility index (Phi) is 4.24. The van der Waals surface area contributed by atoms with Crippen molar-refractivity contribution in [2.24, 2.45) is 11.8 Å². The van der Waals surface area contributed by atoms with Crippen molar-refractivity contribution < 1.29 is 4.79 Å². The maximum Gasteiger partial charge on any atom is 0.223 e. The van der Waals surface area contributed by atoms with Crippen LogP contribution in [0.4, 0.5) is 0 Å². The molecule has 22 heavy (non-hydrogen) atoms. The molecule has 1 aromatic heterocycles. The summed E-state index contributed by atoms with van der Waals surface area (Å²) in [5.41, 5.74) is 2.12. The van der Waals surface area contributed by atoms with Crippen molar-refractivity contribution in [3.63, 3.8) is 0 Å². The van der Waals surface area contributed by atoms with Crippen LogP contribution in [0.1, 0.15) is 25.5 Å². The second-order valence-corrected chi connectivity index (χ2v) is 5.98. The average molecular weight is 298 g/mol. The SMILES string of the molecule is CC(NC(=O)C(C)C1CNC1)c1ccc(-n2cccn2)cc1. The standard InChI is InChI=1S/C17H22N4O/c1-12(15-10-18-11-15)17(22)20-13(2)14-4-6-16(7-5-14)21-9-3-8-19-21/h3-9,12-13,15,18H,10-11H2,1-2H3,(H,20,22). The molecule has 0 aliphatic carbocycles. The molecule has 1 fully saturated rings. The second-order valence-electron chi connectivity index (χ2n) is 5.98. The molecule has 1 aromatic carbocycles. The topological polar surface area (TPSA) is 59.0 Å². The first-order valence-electron chi connectivity index (χ1n) is 7.76. The maximum atomic E-state index is 12.3. The summed E-state index contributed by atoms with van der Waals surface area (Å²) in [5.74, 6) is 0.664. The van der Waals surface area contributed by atoms with Gasteiger partial charge in [-0.1, -0.05) is 19.1 Å². The van der Waals surface area contributed by atoms with Crippen LogP contribution in [-0.4, -0.2) is 28.8 Å². The molecule has 116 valence electrons. The summed E-state index contributed by atoms with van der Waals surface area (Å²) in [6.07, 6.45) is 3.67. The molecule has 5 nitrogen and oxygen atoms in total. The Morgan fingerprint density at radius 1 is 1.32 bits per heavy atom. The van der Waals surface area contributed by atoms with Gasteiger partial charge in [0.15, 0.2) is 0 Å². The molecule has 3 rings (SSSR count). The predicted octanol–water partition coefficient (Wildman–Crippen LogP) is 1.90. The van der Waals surface area contributed by atoms with E-state index >= 15 is 0 Å². The Morgan fingerprint density at radius 3 is 2.59 bits per heavy atom. The van der Waals surface area contributed by atoms with Crippen molar-refractivity contribution in [1.82, 2.24) is 20.4 Å². The number of carbonyl (C=O) groups excluding carboxylic acids is 1. The zero-order chi connectivity index (χ0) is 15.5. The fourth-order valence-electron chi connectivity index (χ4n) is 2.64. The fourth-order valence-corrected chi connectivity index (χ4v) is 2.64. The van der Waals surface area contributed by atoms with E-state index in [9.17, 15) is 4.79 Å². The molecule has 2 atom stereocenters. The molecule has 0 bridgehead atoms. The molecule has 1 saturated heterocycles. The number of hydrogen-bond donors (Lipinski definition) is 2. The van der Waals surface area contributed by atoms with Gasteiger partial charge < -0.3 is 10.6 Å². The normalized spacial score (nSPS) is 17.5. The molecule has 2 N–H and O–H groups in total. The molecular weight excluding hydrogens is 276 g/mol. The van der Waals surface area contributed by atoms with Crippen LogP contribution in [0.3, 0.4) is 0 Å². The van der Waals surface area contributed by atoms with Gasteiger partial charge in [0.25, 0.3) is 0 Å². The van der Waals surface area contributed by atoms with Crippen LogP contribution in [0, 0.1) is 11.8 Å². The van der Waals surface area contributed by atoms with E-state index in [0.29, 0.717) is 5.92 Å². The lowest BCUT2D eigenvalue weighted by Crippen LogP contribution is -2.49. The third kappa shape index (κ3) is 3.04. The third-order valence-corrected chi connectivity index (χ3v) is 4.45.